The van der Waals surface area contributed by atoms with Crippen molar-refractivity contribution in [3.05, 3.63) is 120 Å². The van der Waals surface area contributed by atoms with E-state index in [1.807, 2.05) is 0 Å². The maximum Gasteiger partial charge on any atom is 0.335 e. The summed E-state index contributed by atoms with van der Waals surface area (Å²) in [5, 5.41) is 56.0. The second kappa shape index (κ2) is 15.7. The van der Waals surface area contributed by atoms with Crippen molar-refractivity contribution in [2.24, 2.45) is 0 Å². The predicted molar refractivity (Wildman–Crippen MR) is 120 cm³/mol. The van der Waals surface area contributed by atoms with Crippen LogP contribution in [0.15, 0.2) is 72.8 Å². The number of benzene rings is 3. The Morgan fingerprint density at radius 3 is 0.892 bits per heavy atom. The van der Waals surface area contributed by atoms with Crippen LogP contribution in [-0.2, 0) is 0 Å². The van der Waals surface area contributed by atoms with Gasteiger partial charge < -0.3 is 15.3 Å². The molecule has 3 rings (SSSR count). The van der Waals surface area contributed by atoms with Crippen LogP contribution in [0.5, 0.6) is 0 Å². The molecular weight excluding hydrogens is 659 g/mol. The van der Waals surface area contributed by atoms with Crippen molar-refractivity contribution in [1.29, 1.82) is 0 Å². The first-order valence-corrected chi connectivity index (χ1v) is 9.26. The summed E-state index contributed by atoms with van der Waals surface area (Å²) in [7, 11) is 0. The number of carbonyl (C=O) groups is 3. The second-order valence-corrected chi connectivity index (χ2v) is 6.34. The predicted octanol–water partition coefficient (Wildman–Crippen LogP) is 3.88. The van der Waals surface area contributed by atoms with E-state index in [0.29, 0.717) is 0 Å². The number of nitrogens with zero attached hydrogens (tertiary/aromatic N) is 3. The molecule has 0 spiro atoms. The minimum Gasteiger partial charge on any atom is -0.478 e. The fraction of sp³-hybridized carbons (Fsp3) is 0. The molecule has 0 atom stereocenters. The second-order valence-electron chi connectivity index (χ2n) is 6.34. The third kappa shape index (κ3) is 11.4. The summed E-state index contributed by atoms with van der Waals surface area (Å²) in [6.45, 7) is 0. The summed E-state index contributed by atoms with van der Waals surface area (Å²) in [5.41, 5.74) is -0.877. The molecule has 37 heavy (non-hydrogen) atoms. The normalized spacial score (nSPS) is 9.08. The standard InChI is InChI=1S/3C7H5NO4.Yb/c3*9-7(10)5-2-1-3-6(4-5)8(11)12;/h3*1-4H,(H,9,10);. The van der Waals surface area contributed by atoms with Crippen molar-refractivity contribution < 1.29 is 91.4 Å². The van der Waals surface area contributed by atoms with E-state index in [4.69, 9.17) is 15.3 Å². The number of non-ortho nitro benzene ring substituents is 3. The average molecular weight is 674 g/mol. The summed E-state index contributed by atoms with van der Waals surface area (Å²) in [5.74, 6) is -3.50. The van der Waals surface area contributed by atoms with Gasteiger partial charge in [0, 0.05) is 83.3 Å². The van der Waals surface area contributed by atoms with Crippen LogP contribution in [0.2, 0.25) is 0 Å². The van der Waals surface area contributed by atoms with Gasteiger partial charge in [-0.15, -0.1) is 0 Å². The summed E-state index contributed by atoms with van der Waals surface area (Å²) in [6.07, 6.45) is 0. The molecule has 200 valence electrons. The van der Waals surface area contributed by atoms with Crippen molar-refractivity contribution in [1.82, 2.24) is 0 Å². The molecule has 0 aliphatic rings. The molecule has 15 nitrogen and oxygen atoms in total. The summed E-state index contributed by atoms with van der Waals surface area (Å²) < 4.78 is 0. The van der Waals surface area contributed by atoms with E-state index in [2.05, 4.69) is 0 Å². The molecule has 0 radical (unpaired) electrons. The van der Waals surface area contributed by atoms with Crippen LogP contribution in [0.4, 0.5) is 17.1 Å². The molecule has 3 aromatic carbocycles. The molecule has 0 unspecified atom stereocenters. The van der Waals surface area contributed by atoms with Crippen LogP contribution in [0.25, 0.3) is 0 Å². The van der Waals surface area contributed by atoms with Crippen molar-refractivity contribution in [2.45, 2.75) is 0 Å². The molecule has 0 amide bonds. The zero-order chi connectivity index (χ0) is 27.4. The molecular formula is C21H15N3O12Yb. The van der Waals surface area contributed by atoms with Gasteiger partial charge in [-0.05, 0) is 18.2 Å². The van der Waals surface area contributed by atoms with Crippen molar-refractivity contribution in [3.8, 4) is 0 Å². The first-order chi connectivity index (χ1) is 16.8. The molecule has 3 aromatic rings. The number of carboxylic acid groups (broad SMARTS) is 3. The summed E-state index contributed by atoms with van der Waals surface area (Å²) in [6, 6.07) is 14.7. The van der Waals surface area contributed by atoms with Gasteiger partial charge in [-0.2, -0.15) is 0 Å². The largest absolute Gasteiger partial charge is 0.478 e. The number of rotatable bonds is 6. The van der Waals surface area contributed by atoms with E-state index >= 15 is 0 Å². The fourth-order valence-electron chi connectivity index (χ4n) is 2.26. The summed E-state index contributed by atoms with van der Waals surface area (Å²) in [4.78, 5) is 59.7. The van der Waals surface area contributed by atoms with Gasteiger partial charge in [0.1, 0.15) is 0 Å². The monoisotopic (exact) mass is 675 g/mol. The Morgan fingerprint density at radius 2 is 0.730 bits per heavy atom. The van der Waals surface area contributed by atoms with Crippen molar-refractivity contribution in [3.63, 3.8) is 0 Å². The SMILES string of the molecule is O=C(O)c1cccc([N+](=O)[O-])c1.O=C(O)c1cccc([N+](=O)[O-])c1.O=C(O)c1cccc([N+](=O)[O-])c1.[Yb]. The van der Waals surface area contributed by atoms with Crippen LogP contribution in [0.1, 0.15) is 31.1 Å². The van der Waals surface area contributed by atoms with Gasteiger partial charge in [0.2, 0.25) is 0 Å². The van der Waals surface area contributed by atoms with E-state index < -0.39 is 32.7 Å². The van der Waals surface area contributed by atoms with Crippen molar-refractivity contribution >= 4 is 35.0 Å². The number of hydrogen-bond donors (Lipinski definition) is 3. The average Bonchev–Trinajstić information content (AvgIpc) is 2.85. The topological polar surface area (TPSA) is 241 Å². The van der Waals surface area contributed by atoms with Gasteiger partial charge in [-0.1, -0.05) is 18.2 Å². The quantitative estimate of drug-likeness (QED) is 0.249. The zero-order valence-corrected chi connectivity index (χ0v) is 19.8. The molecule has 0 saturated carbocycles. The number of nitro benzene ring substituents is 3. The van der Waals surface area contributed by atoms with Gasteiger partial charge in [0.05, 0.1) is 31.5 Å². The zero-order valence-electron chi connectivity index (χ0n) is 18.1. The number of nitro groups is 3. The Labute approximate surface area is 244 Å². The molecule has 0 fully saturated rings. The summed E-state index contributed by atoms with van der Waals surface area (Å²) >= 11 is 0. The van der Waals surface area contributed by atoms with E-state index in [9.17, 15) is 44.7 Å². The van der Waals surface area contributed by atoms with Gasteiger partial charge in [0.15, 0.2) is 0 Å². The maximum absolute atomic E-state index is 10.4. The molecule has 0 heterocycles. The molecule has 3 N–H and O–H groups in total. The molecule has 0 aliphatic heterocycles. The molecule has 0 aromatic heterocycles. The van der Waals surface area contributed by atoms with E-state index in [0.717, 1.165) is 18.2 Å². The van der Waals surface area contributed by atoms with Gasteiger partial charge in [-0.3, -0.25) is 30.3 Å². The van der Waals surface area contributed by atoms with Crippen LogP contribution in [0.3, 0.4) is 0 Å². The Kier molecular flexibility index (Phi) is 13.9. The third-order valence-corrected chi connectivity index (χ3v) is 3.91. The van der Waals surface area contributed by atoms with E-state index in [1.54, 1.807) is 0 Å². The Balaban J connectivity index is 0.000000518. The Bertz CT molecular complexity index is 1080. The fourth-order valence-corrected chi connectivity index (χ4v) is 2.26. The number of hydrogen-bond acceptors (Lipinski definition) is 9. The number of carboxylic acids is 3. The van der Waals surface area contributed by atoms with Crippen LogP contribution in [-0.4, -0.2) is 48.0 Å². The van der Waals surface area contributed by atoms with Crippen LogP contribution in [0, 0.1) is 77.3 Å². The van der Waals surface area contributed by atoms with E-state index in [-0.39, 0.29) is 80.7 Å². The minimum atomic E-state index is -1.17. The third-order valence-electron chi connectivity index (χ3n) is 3.91. The van der Waals surface area contributed by atoms with Gasteiger partial charge >= 0.3 is 17.9 Å². The Morgan fingerprint density at radius 1 is 0.514 bits per heavy atom. The molecule has 0 saturated heterocycles. The van der Waals surface area contributed by atoms with Crippen molar-refractivity contribution in [2.75, 3.05) is 0 Å². The van der Waals surface area contributed by atoms with Gasteiger partial charge in [-0.25, -0.2) is 14.4 Å². The van der Waals surface area contributed by atoms with Gasteiger partial charge in [0.25, 0.3) is 17.1 Å². The molecule has 0 bridgehead atoms. The first-order valence-electron chi connectivity index (χ1n) is 9.26. The molecule has 0 aliphatic carbocycles. The smallest absolute Gasteiger partial charge is 0.335 e. The first kappa shape index (κ1) is 32.8. The van der Waals surface area contributed by atoms with Crippen LogP contribution >= 0.6 is 0 Å². The molecule has 16 heteroatoms. The Hall–Kier alpha value is -4.21. The number of aromatic carboxylic acids is 3. The minimum absolute atomic E-state index is 0. The maximum atomic E-state index is 10.4. The van der Waals surface area contributed by atoms with E-state index in [1.165, 1.54) is 54.6 Å². The van der Waals surface area contributed by atoms with Crippen LogP contribution < -0.4 is 0 Å².